The Kier molecular flexibility index (Phi) is 4.12. The summed E-state index contributed by atoms with van der Waals surface area (Å²) in [6, 6.07) is 0. The maximum absolute atomic E-state index is 11.0. The average Bonchev–Trinajstić information content (AvgIpc) is 2.48. The van der Waals surface area contributed by atoms with Gasteiger partial charge in [-0.1, -0.05) is 6.58 Å². The van der Waals surface area contributed by atoms with E-state index in [0.29, 0.717) is 0 Å². The van der Waals surface area contributed by atoms with E-state index in [1.165, 1.54) is 12.5 Å². The van der Waals surface area contributed by atoms with Crippen molar-refractivity contribution in [3.8, 4) is 0 Å². The molecule has 1 N–H and O–H groups in total. The first kappa shape index (κ1) is 11.4. The van der Waals surface area contributed by atoms with Crippen LogP contribution in [0.3, 0.4) is 0 Å². The molecule has 3 atom stereocenters. The van der Waals surface area contributed by atoms with Crippen molar-refractivity contribution in [2.24, 2.45) is 0 Å². The Morgan fingerprint density at radius 2 is 2.62 bits per heavy atom. The second kappa shape index (κ2) is 4.70. The summed E-state index contributed by atoms with van der Waals surface area (Å²) in [5, 5.41) is 1.33. The third kappa shape index (κ3) is 3.18. The van der Waals surface area contributed by atoms with E-state index in [1.807, 2.05) is 0 Å². The minimum Gasteiger partial charge on any atom is -0.612 e. The first-order valence-electron chi connectivity index (χ1n) is 3.60. The molecule has 1 saturated heterocycles. The molecule has 0 bridgehead atoms. The lowest BCUT2D eigenvalue weighted by atomic mass is 10.4. The van der Waals surface area contributed by atoms with Gasteiger partial charge in [0.05, 0.1) is 6.61 Å². The molecular weight excluding hydrogens is 215 g/mol. The van der Waals surface area contributed by atoms with Crippen LogP contribution in [0.1, 0.15) is 0 Å². The molecule has 7 heteroatoms. The third-order valence-corrected chi connectivity index (χ3v) is 4.05. The summed E-state index contributed by atoms with van der Waals surface area (Å²) in [5.74, 6) is 0.273. The maximum Gasteiger partial charge on any atom is 0.378 e. The highest BCUT2D eigenvalue weighted by molar-refractivity contribution is 7.94. The van der Waals surface area contributed by atoms with Gasteiger partial charge >= 0.3 is 8.17 Å². The summed E-state index contributed by atoms with van der Waals surface area (Å²) in [5.41, 5.74) is 0. The Morgan fingerprint density at radius 1 is 1.92 bits per heavy atom. The fraction of sp³-hybridized carbons (Fsp3) is 0.667. The number of hydrogen-bond donors (Lipinski definition) is 1. The first-order valence-corrected chi connectivity index (χ1v) is 6.47. The Labute approximate surface area is 80.5 Å². The predicted octanol–water partition coefficient (Wildman–Crippen LogP) is 0.610. The van der Waals surface area contributed by atoms with E-state index in [4.69, 9.17) is 9.05 Å². The van der Waals surface area contributed by atoms with Gasteiger partial charge in [0, 0.05) is 7.11 Å². The summed E-state index contributed by atoms with van der Waals surface area (Å²) in [4.78, 5) is 9.38. The van der Waals surface area contributed by atoms with Crippen molar-refractivity contribution in [2.45, 2.75) is 6.10 Å². The van der Waals surface area contributed by atoms with Crippen LogP contribution in [0.25, 0.3) is 0 Å². The SMILES string of the molecule is C=C[S+]([O-])CC1CO[P](O)(OC)O1. The highest BCUT2D eigenvalue weighted by Crippen LogP contribution is 2.62. The second-order valence-electron chi connectivity index (χ2n) is 2.39. The molecule has 77 valence electrons. The zero-order valence-electron chi connectivity index (χ0n) is 7.21. The van der Waals surface area contributed by atoms with Crippen molar-refractivity contribution in [3.63, 3.8) is 0 Å². The van der Waals surface area contributed by atoms with Crippen molar-refractivity contribution in [2.75, 3.05) is 19.5 Å². The van der Waals surface area contributed by atoms with Crippen LogP contribution in [0.5, 0.6) is 0 Å². The summed E-state index contributed by atoms with van der Waals surface area (Å²) < 4.78 is 25.6. The van der Waals surface area contributed by atoms with Crippen molar-refractivity contribution in [1.82, 2.24) is 0 Å². The van der Waals surface area contributed by atoms with Crippen LogP contribution in [0.4, 0.5) is 0 Å². The molecule has 1 aliphatic rings. The van der Waals surface area contributed by atoms with Crippen molar-refractivity contribution < 1.29 is 23.0 Å². The minimum absolute atomic E-state index is 0.206. The molecule has 13 heavy (non-hydrogen) atoms. The smallest absolute Gasteiger partial charge is 0.378 e. The van der Waals surface area contributed by atoms with E-state index < -0.39 is 19.3 Å². The minimum atomic E-state index is -3.09. The lowest BCUT2D eigenvalue weighted by Gasteiger charge is -2.18. The van der Waals surface area contributed by atoms with Crippen molar-refractivity contribution >= 4 is 19.3 Å². The summed E-state index contributed by atoms with van der Waals surface area (Å²) >= 11 is -1.14. The number of rotatable bonds is 4. The van der Waals surface area contributed by atoms with Gasteiger partial charge in [-0.25, -0.2) is 0 Å². The molecule has 0 spiro atoms. The zero-order valence-corrected chi connectivity index (χ0v) is 8.92. The molecule has 1 rings (SSSR count). The van der Waals surface area contributed by atoms with Gasteiger partial charge in [0.25, 0.3) is 0 Å². The van der Waals surface area contributed by atoms with Gasteiger partial charge in [0.15, 0.2) is 0 Å². The van der Waals surface area contributed by atoms with E-state index in [9.17, 15) is 9.45 Å². The second-order valence-corrected chi connectivity index (χ2v) is 5.59. The maximum atomic E-state index is 11.0. The Bertz CT molecular complexity index is 192. The van der Waals surface area contributed by atoms with Crippen LogP contribution in [0.15, 0.2) is 12.0 Å². The average molecular weight is 227 g/mol. The third-order valence-electron chi connectivity index (χ3n) is 1.47. The van der Waals surface area contributed by atoms with E-state index in [0.717, 1.165) is 0 Å². The van der Waals surface area contributed by atoms with Gasteiger partial charge in [0.2, 0.25) is 0 Å². The largest absolute Gasteiger partial charge is 0.612 e. The van der Waals surface area contributed by atoms with Crippen LogP contribution in [0.2, 0.25) is 0 Å². The van der Waals surface area contributed by atoms with E-state index in [2.05, 4.69) is 11.1 Å². The fourth-order valence-electron chi connectivity index (χ4n) is 0.852. The van der Waals surface area contributed by atoms with Gasteiger partial charge in [-0.3, -0.25) is 9.05 Å². The predicted molar refractivity (Wildman–Crippen MR) is 50.2 cm³/mol. The fourth-order valence-corrected chi connectivity index (χ4v) is 2.74. The molecule has 0 aromatic carbocycles. The Hall–Kier alpha value is 0.320. The molecule has 1 fully saturated rings. The highest BCUT2D eigenvalue weighted by Gasteiger charge is 2.41. The lowest BCUT2D eigenvalue weighted by molar-refractivity contribution is 0.172. The highest BCUT2D eigenvalue weighted by atomic mass is 32.2. The van der Waals surface area contributed by atoms with Gasteiger partial charge in [-0.15, -0.1) is 0 Å². The number of hydrogen-bond acceptors (Lipinski definition) is 5. The summed E-state index contributed by atoms with van der Waals surface area (Å²) in [6.45, 7) is 3.58. The molecule has 1 heterocycles. The first-order chi connectivity index (χ1) is 6.09. The Balaban J connectivity index is 2.37. The van der Waals surface area contributed by atoms with Gasteiger partial charge in [-0.2, -0.15) is 0 Å². The summed E-state index contributed by atoms with van der Waals surface area (Å²) in [7, 11) is -1.79. The molecule has 5 nitrogen and oxygen atoms in total. The van der Waals surface area contributed by atoms with Crippen LogP contribution >= 0.6 is 8.17 Å². The van der Waals surface area contributed by atoms with Crippen LogP contribution in [-0.4, -0.2) is 35.0 Å². The van der Waals surface area contributed by atoms with Gasteiger partial charge < -0.3 is 14.0 Å². The normalized spacial score (nSPS) is 36.1. The Morgan fingerprint density at radius 3 is 3.08 bits per heavy atom. The zero-order chi connectivity index (χ0) is 9.90. The summed E-state index contributed by atoms with van der Waals surface area (Å²) in [6.07, 6.45) is -0.378. The molecule has 1 aliphatic heterocycles. The molecular formula is C6H12O5PS. The quantitative estimate of drug-likeness (QED) is 0.562. The standard InChI is InChI=1S/C6H12O5PS/c1-3-13(8)5-6-4-10-12(7,9-2)11-6/h3,6-7H,1,4-5H2,2H3. The van der Waals surface area contributed by atoms with Crippen LogP contribution < -0.4 is 0 Å². The topological polar surface area (TPSA) is 71.0 Å². The molecule has 3 unspecified atom stereocenters. The van der Waals surface area contributed by atoms with Crippen molar-refractivity contribution in [1.29, 1.82) is 0 Å². The van der Waals surface area contributed by atoms with Crippen LogP contribution in [0, 0.1) is 0 Å². The van der Waals surface area contributed by atoms with E-state index in [1.54, 1.807) is 0 Å². The van der Waals surface area contributed by atoms with Gasteiger partial charge in [-0.05, 0) is 11.2 Å². The van der Waals surface area contributed by atoms with E-state index >= 15 is 0 Å². The molecule has 0 amide bonds. The molecule has 0 aliphatic carbocycles. The van der Waals surface area contributed by atoms with Gasteiger partial charge in [0.1, 0.15) is 17.3 Å². The molecule has 1 radical (unpaired) electrons. The van der Waals surface area contributed by atoms with E-state index in [-0.39, 0.29) is 18.5 Å². The van der Waals surface area contributed by atoms with Crippen LogP contribution in [-0.2, 0) is 24.7 Å². The lowest BCUT2D eigenvalue weighted by Crippen LogP contribution is -2.21. The molecule has 0 aromatic rings. The molecule has 0 saturated carbocycles. The van der Waals surface area contributed by atoms with Crippen molar-refractivity contribution in [3.05, 3.63) is 12.0 Å². The molecule has 0 aromatic heterocycles. The monoisotopic (exact) mass is 227 g/mol.